The van der Waals surface area contributed by atoms with Crippen molar-refractivity contribution in [3.05, 3.63) is 30.1 Å². The molecule has 1 aliphatic carbocycles. The van der Waals surface area contributed by atoms with Crippen LogP contribution in [0, 0.1) is 5.41 Å². The molecule has 0 aromatic carbocycles. The van der Waals surface area contributed by atoms with Crippen LogP contribution in [0.4, 0.5) is 0 Å². The van der Waals surface area contributed by atoms with Crippen LogP contribution < -0.4 is 10.6 Å². The summed E-state index contributed by atoms with van der Waals surface area (Å²) in [6.45, 7) is 1.82. The van der Waals surface area contributed by atoms with Gasteiger partial charge in [-0.2, -0.15) is 0 Å². The lowest BCUT2D eigenvalue weighted by Gasteiger charge is -2.15. The van der Waals surface area contributed by atoms with Gasteiger partial charge in [0.15, 0.2) is 0 Å². The first kappa shape index (κ1) is 14.0. The lowest BCUT2D eigenvalue weighted by molar-refractivity contribution is -0.121. The normalized spacial score (nSPS) is 16.1. The fourth-order valence-corrected chi connectivity index (χ4v) is 2.34. The second-order valence-electron chi connectivity index (χ2n) is 5.52. The third-order valence-corrected chi connectivity index (χ3v) is 3.76. The molecule has 0 spiro atoms. The molecule has 0 aliphatic heterocycles. The Balaban J connectivity index is 1.60. The van der Waals surface area contributed by atoms with E-state index in [1.54, 1.807) is 6.20 Å². The van der Waals surface area contributed by atoms with E-state index in [0.717, 1.165) is 25.9 Å². The molecule has 1 heterocycles. The van der Waals surface area contributed by atoms with Gasteiger partial charge in [0.05, 0.1) is 0 Å². The number of pyridine rings is 1. The van der Waals surface area contributed by atoms with Crippen LogP contribution in [0.5, 0.6) is 0 Å². The fourth-order valence-electron chi connectivity index (χ4n) is 2.34. The molecule has 0 unspecified atom stereocenters. The number of amides is 1. The number of carbonyl (C=O) groups excluding carboxylic acids is 1. The molecule has 4 nitrogen and oxygen atoms in total. The van der Waals surface area contributed by atoms with Crippen molar-refractivity contribution in [1.82, 2.24) is 15.6 Å². The Labute approximate surface area is 115 Å². The fraction of sp³-hybridized carbons (Fsp3) is 0.600. The predicted octanol–water partition coefficient (Wildman–Crippen LogP) is 1.52. The Kier molecular flexibility index (Phi) is 4.91. The zero-order valence-corrected chi connectivity index (χ0v) is 11.6. The summed E-state index contributed by atoms with van der Waals surface area (Å²) < 4.78 is 0. The first-order valence-electron chi connectivity index (χ1n) is 7.04. The number of rotatable bonds is 8. The molecule has 1 amide bonds. The van der Waals surface area contributed by atoms with E-state index >= 15 is 0 Å². The van der Waals surface area contributed by atoms with Gasteiger partial charge < -0.3 is 10.6 Å². The number of nitrogens with one attached hydrogen (secondary N) is 2. The lowest BCUT2D eigenvalue weighted by Crippen LogP contribution is -2.34. The molecule has 2 N–H and O–H groups in total. The Morgan fingerprint density at radius 3 is 2.89 bits per heavy atom. The zero-order valence-electron chi connectivity index (χ0n) is 11.6. The van der Waals surface area contributed by atoms with E-state index in [2.05, 4.69) is 21.7 Å². The molecule has 2 rings (SSSR count). The molecule has 1 aromatic heterocycles. The molecule has 1 aliphatic rings. The summed E-state index contributed by atoms with van der Waals surface area (Å²) in [5.74, 6) is 0.172. The smallest absolute Gasteiger partial charge is 0.220 e. The van der Waals surface area contributed by atoms with Crippen molar-refractivity contribution in [3.63, 3.8) is 0 Å². The monoisotopic (exact) mass is 261 g/mol. The van der Waals surface area contributed by atoms with Gasteiger partial charge in [-0.3, -0.25) is 9.78 Å². The highest BCUT2D eigenvalue weighted by Crippen LogP contribution is 2.44. The molecule has 19 heavy (non-hydrogen) atoms. The minimum Gasteiger partial charge on any atom is -0.355 e. The summed E-state index contributed by atoms with van der Waals surface area (Å²) in [4.78, 5) is 15.8. The highest BCUT2D eigenvalue weighted by atomic mass is 16.1. The first-order chi connectivity index (χ1) is 9.24. The molecule has 4 heteroatoms. The van der Waals surface area contributed by atoms with Crippen molar-refractivity contribution in [2.24, 2.45) is 5.41 Å². The highest BCUT2D eigenvalue weighted by molar-refractivity contribution is 5.75. The van der Waals surface area contributed by atoms with Crippen molar-refractivity contribution in [2.45, 2.75) is 32.1 Å². The molecule has 0 radical (unpaired) electrons. The van der Waals surface area contributed by atoms with E-state index in [0.29, 0.717) is 11.8 Å². The third kappa shape index (κ3) is 4.63. The summed E-state index contributed by atoms with van der Waals surface area (Å²) in [7, 11) is 1.97. The second-order valence-corrected chi connectivity index (χ2v) is 5.52. The second kappa shape index (κ2) is 6.66. The van der Waals surface area contributed by atoms with Crippen LogP contribution in [0.1, 0.15) is 31.2 Å². The van der Waals surface area contributed by atoms with Crippen molar-refractivity contribution in [1.29, 1.82) is 0 Å². The van der Waals surface area contributed by atoms with Crippen molar-refractivity contribution >= 4 is 5.91 Å². The van der Waals surface area contributed by atoms with Crippen LogP contribution in [0.3, 0.4) is 0 Å². The molecule has 1 saturated carbocycles. The number of aryl methyl sites for hydroxylation is 1. The van der Waals surface area contributed by atoms with Crippen LogP contribution >= 0.6 is 0 Å². The maximum Gasteiger partial charge on any atom is 0.220 e. The van der Waals surface area contributed by atoms with Gasteiger partial charge in [-0.25, -0.2) is 0 Å². The SMILES string of the molecule is CNCC1(CNC(=O)CCCc2cccnc2)CC1. The van der Waals surface area contributed by atoms with E-state index in [1.807, 2.05) is 19.3 Å². The molecule has 1 fully saturated rings. The minimum absolute atomic E-state index is 0.172. The van der Waals surface area contributed by atoms with Crippen LogP contribution in [0.15, 0.2) is 24.5 Å². The maximum absolute atomic E-state index is 11.8. The molecule has 0 saturated heterocycles. The van der Waals surface area contributed by atoms with Crippen LogP contribution in [-0.2, 0) is 11.2 Å². The van der Waals surface area contributed by atoms with E-state index in [1.165, 1.54) is 18.4 Å². The van der Waals surface area contributed by atoms with Crippen LogP contribution in [0.2, 0.25) is 0 Å². The van der Waals surface area contributed by atoms with Gasteiger partial charge in [0, 0.05) is 37.3 Å². The van der Waals surface area contributed by atoms with Gasteiger partial charge in [0.2, 0.25) is 5.91 Å². The summed E-state index contributed by atoms with van der Waals surface area (Å²) in [5, 5.41) is 6.26. The average molecular weight is 261 g/mol. The topological polar surface area (TPSA) is 54.0 Å². The molecule has 104 valence electrons. The molecular formula is C15H23N3O. The molecule has 1 aromatic rings. The van der Waals surface area contributed by atoms with Gasteiger partial charge >= 0.3 is 0 Å². The van der Waals surface area contributed by atoms with E-state index in [-0.39, 0.29) is 5.91 Å². The molecule has 0 bridgehead atoms. The Hall–Kier alpha value is -1.42. The van der Waals surface area contributed by atoms with Crippen molar-refractivity contribution in [3.8, 4) is 0 Å². The quantitative estimate of drug-likeness (QED) is 0.746. The predicted molar refractivity (Wildman–Crippen MR) is 75.8 cm³/mol. The van der Waals surface area contributed by atoms with Gasteiger partial charge in [-0.1, -0.05) is 6.07 Å². The van der Waals surface area contributed by atoms with E-state index < -0.39 is 0 Å². The number of aromatic nitrogens is 1. The largest absolute Gasteiger partial charge is 0.355 e. The van der Waals surface area contributed by atoms with Gasteiger partial charge in [-0.15, -0.1) is 0 Å². The minimum atomic E-state index is 0.172. The maximum atomic E-state index is 11.8. The standard InChI is InChI=1S/C15H23N3O/c1-16-11-15(7-8-15)12-18-14(19)6-2-4-13-5-3-9-17-10-13/h3,5,9-10,16H,2,4,6-8,11-12H2,1H3,(H,18,19). The first-order valence-corrected chi connectivity index (χ1v) is 7.04. The van der Waals surface area contributed by atoms with Crippen LogP contribution in [0.25, 0.3) is 0 Å². The highest BCUT2D eigenvalue weighted by Gasteiger charge is 2.41. The van der Waals surface area contributed by atoms with Gasteiger partial charge in [0.1, 0.15) is 0 Å². The van der Waals surface area contributed by atoms with Gasteiger partial charge in [-0.05, 0) is 44.4 Å². The van der Waals surface area contributed by atoms with Gasteiger partial charge in [0.25, 0.3) is 0 Å². The number of hydrogen-bond donors (Lipinski definition) is 2. The molecule has 0 atom stereocenters. The number of hydrogen-bond acceptors (Lipinski definition) is 3. The van der Waals surface area contributed by atoms with Crippen LogP contribution in [-0.4, -0.2) is 31.0 Å². The summed E-state index contributed by atoms with van der Waals surface area (Å²) in [5.41, 5.74) is 1.54. The summed E-state index contributed by atoms with van der Waals surface area (Å²) >= 11 is 0. The average Bonchev–Trinajstić information content (AvgIpc) is 3.19. The third-order valence-electron chi connectivity index (χ3n) is 3.76. The van der Waals surface area contributed by atoms with Crippen molar-refractivity contribution < 1.29 is 4.79 Å². The van der Waals surface area contributed by atoms with E-state index in [9.17, 15) is 4.79 Å². The molecular weight excluding hydrogens is 238 g/mol. The Bertz CT molecular complexity index is 401. The zero-order chi connectivity index (χ0) is 13.6. The van der Waals surface area contributed by atoms with Crippen molar-refractivity contribution in [2.75, 3.05) is 20.1 Å². The Morgan fingerprint density at radius 2 is 2.26 bits per heavy atom. The number of carbonyl (C=O) groups is 1. The summed E-state index contributed by atoms with van der Waals surface area (Å²) in [6.07, 6.45) is 8.49. The summed E-state index contributed by atoms with van der Waals surface area (Å²) in [6, 6.07) is 3.99. The lowest BCUT2D eigenvalue weighted by atomic mass is 10.1. The Morgan fingerprint density at radius 1 is 1.42 bits per heavy atom. The van der Waals surface area contributed by atoms with E-state index in [4.69, 9.17) is 0 Å². The number of nitrogens with zero attached hydrogens (tertiary/aromatic N) is 1.